The maximum atomic E-state index is 5.96. The summed E-state index contributed by atoms with van der Waals surface area (Å²) in [6.07, 6.45) is 2.75. The zero-order valence-corrected chi connectivity index (χ0v) is 10.9. The first-order valence-corrected chi connectivity index (χ1v) is 6.17. The molecule has 0 radical (unpaired) electrons. The summed E-state index contributed by atoms with van der Waals surface area (Å²) in [7, 11) is 0. The Morgan fingerprint density at radius 2 is 2.06 bits per heavy atom. The first kappa shape index (κ1) is 12.4. The molecule has 94 valence electrons. The van der Waals surface area contributed by atoms with Gasteiger partial charge >= 0.3 is 0 Å². The average Bonchev–Trinajstić information content (AvgIpc) is 2.35. The fourth-order valence-corrected chi connectivity index (χ4v) is 1.90. The largest absolute Gasteiger partial charge is 0.396 e. The molecule has 0 unspecified atom stereocenters. The lowest BCUT2D eigenvalue weighted by atomic mass is 10.1. The number of hydrogen-bond acceptors (Lipinski definition) is 3. The Kier molecular flexibility index (Phi) is 3.82. The monoisotopic (exact) mass is 241 g/mol. The van der Waals surface area contributed by atoms with Crippen LogP contribution in [0.4, 0.5) is 11.5 Å². The highest BCUT2D eigenvalue weighted by molar-refractivity contribution is 5.64. The maximum absolute atomic E-state index is 5.96. The minimum Gasteiger partial charge on any atom is -0.396 e. The van der Waals surface area contributed by atoms with Gasteiger partial charge in [-0.2, -0.15) is 0 Å². The molecule has 0 aliphatic carbocycles. The number of nitrogens with one attached hydrogen (secondary N) is 1. The highest BCUT2D eigenvalue weighted by atomic mass is 15.0. The number of rotatable bonds is 4. The Morgan fingerprint density at radius 1 is 1.22 bits per heavy atom. The highest BCUT2D eigenvalue weighted by Crippen LogP contribution is 2.18. The summed E-state index contributed by atoms with van der Waals surface area (Å²) >= 11 is 0. The summed E-state index contributed by atoms with van der Waals surface area (Å²) in [5.41, 5.74) is 10.4. The van der Waals surface area contributed by atoms with Gasteiger partial charge in [-0.25, -0.2) is 4.98 Å². The molecular weight excluding hydrogens is 222 g/mol. The van der Waals surface area contributed by atoms with Crippen LogP contribution in [-0.4, -0.2) is 11.5 Å². The number of aromatic nitrogens is 1. The van der Waals surface area contributed by atoms with Gasteiger partial charge in [0.25, 0.3) is 0 Å². The van der Waals surface area contributed by atoms with E-state index >= 15 is 0 Å². The summed E-state index contributed by atoms with van der Waals surface area (Å²) < 4.78 is 0. The van der Waals surface area contributed by atoms with Crippen LogP contribution in [-0.2, 0) is 6.42 Å². The molecule has 0 saturated carbocycles. The van der Waals surface area contributed by atoms with E-state index in [2.05, 4.69) is 41.5 Å². The van der Waals surface area contributed by atoms with Crippen molar-refractivity contribution in [1.29, 1.82) is 0 Å². The second-order valence-electron chi connectivity index (χ2n) is 4.56. The summed E-state index contributed by atoms with van der Waals surface area (Å²) in [5, 5.41) is 3.29. The maximum Gasteiger partial charge on any atom is 0.149 e. The Morgan fingerprint density at radius 3 is 2.83 bits per heavy atom. The summed E-state index contributed by atoms with van der Waals surface area (Å²) in [6.45, 7) is 4.93. The van der Waals surface area contributed by atoms with Crippen molar-refractivity contribution >= 4 is 11.5 Å². The fourth-order valence-electron chi connectivity index (χ4n) is 1.90. The second kappa shape index (κ2) is 5.54. The number of nitrogens with two attached hydrogens (primary N) is 1. The fraction of sp³-hybridized carbons (Fsp3) is 0.267. The molecule has 0 aliphatic rings. The van der Waals surface area contributed by atoms with Crippen molar-refractivity contribution in [3.8, 4) is 0 Å². The SMILES string of the molecule is Cc1cccc(CCNc2nccc(C)c2N)c1. The van der Waals surface area contributed by atoms with Gasteiger partial charge in [0, 0.05) is 12.7 Å². The second-order valence-corrected chi connectivity index (χ2v) is 4.56. The van der Waals surface area contributed by atoms with Crippen molar-refractivity contribution in [2.24, 2.45) is 0 Å². The van der Waals surface area contributed by atoms with Gasteiger partial charge in [-0.05, 0) is 37.5 Å². The molecule has 3 heteroatoms. The van der Waals surface area contributed by atoms with Gasteiger partial charge in [0.15, 0.2) is 0 Å². The third-order valence-corrected chi connectivity index (χ3v) is 3.00. The van der Waals surface area contributed by atoms with Crippen LogP contribution in [0.15, 0.2) is 36.5 Å². The molecule has 2 rings (SSSR count). The Hall–Kier alpha value is -2.03. The Balaban J connectivity index is 1.94. The lowest BCUT2D eigenvalue weighted by Crippen LogP contribution is -2.09. The van der Waals surface area contributed by atoms with E-state index in [0.717, 1.165) is 30.0 Å². The summed E-state index contributed by atoms with van der Waals surface area (Å²) in [4.78, 5) is 4.25. The molecule has 1 aromatic heterocycles. The number of benzene rings is 1. The lowest BCUT2D eigenvalue weighted by Gasteiger charge is -2.10. The lowest BCUT2D eigenvalue weighted by molar-refractivity contribution is 1.00. The molecule has 18 heavy (non-hydrogen) atoms. The van der Waals surface area contributed by atoms with Gasteiger partial charge in [0.05, 0.1) is 5.69 Å². The Labute approximate surface area is 108 Å². The van der Waals surface area contributed by atoms with Gasteiger partial charge < -0.3 is 11.1 Å². The van der Waals surface area contributed by atoms with Crippen molar-refractivity contribution in [2.45, 2.75) is 20.3 Å². The van der Waals surface area contributed by atoms with Crippen LogP contribution in [0.5, 0.6) is 0 Å². The topological polar surface area (TPSA) is 50.9 Å². The van der Waals surface area contributed by atoms with Crippen LogP contribution in [0.3, 0.4) is 0 Å². The quantitative estimate of drug-likeness (QED) is 0.865. The van der Waals surface area contributed by atoms with E-state index in [1.165, 1.54) is 11.1 Å². The molecule has 3 nitrogen and oxygen atoms in total. The molecule has 2 aromatic rings. The van der Waals surface area contributed by atoms with E-state index in [-0.39, 0.29) is 0 Å². The molecule has 0 bridgehead atoms. The number of hydrogen-bond donors (Lipinski definition) is 2. The van der Waals surface area contributed by atoms with E-state index < -0.39 is 0 Å². The molecule has 0 saturated heterocycles. The van der Waals surface area contributed by atoms with E-state index in [1.54, 1.807) is 6.20 Å². The van der Waals surface area contributed by atoms with Gasteiger partial charge in [-0.3, -0.25) is 0 Å². The third-order valence-electron chi connectivity index (χ3n) is 3.00. The van der Waals surface area contributed by atoms with Crippen molar-refractivity contribution in [3.05, 3.63) is 53.2 Å². The van der Waals surface area contributed by atoms with E-state index in [9.17, 15) is 0 Å². The zero-order valence-electron chi connectivity index (χ0n) is 10.9. The van der Waals surface area contributed by atoms with Crippen molar-refractivity contribution < 1.29 is 0 Å². The third kappa shape index (κ3) is 3.00. The molecule has 0 spiro atoms. The van der Waals surface area contributed by atoms with Crippen LogP contribution >= 0.6 is 0 Å². The molecule has 0 fully saturated rings. The number of aryl methyl sites for hydroxylation is 2. The van der Waals surface area contributed by atoms with E-state index in [0.29, 0.717) is 0 Å². The summed E-state index contributed by atoms with van der Waals surface area (Å²) in [6, 6.07) is 10.5. The number of anilines is 2. The molecule has 3 N–H and O–H groups in total. The number of nitrogens with zero attached hydrogens (tertiary/aromatic N) is 1. The average molecular weight is 241 g/mol. The Bertz CT molecular complexity index is 535. The smallest absolute Gasteiger partial charge is 0.149 e. The van der Waals surface area contributed by atoms with Gasteiger partial charge in [-0.1, -0.05) is 29.8 Å². The van der Waals surface area contributed by atoms with Crippen LogP contribution < -0.4 is 11.1 Å². The minimum absolute atomic E-state index is 0.738. The molecule has 0 aliphatic heterocycles. The zero-order chi connectivity index (χ0) is 13.0. The van der Waals surface area contributed by atoms with Gasteiger partial charge in [0.1, 0.15) is 5.82 Å². The molecule has 0 atom stereocenters. The normalized spacial score (nSPS) is 10.3. The van der Waals surface area contributed by atoms with Gasteiger partial charge in [-0.15, -0.1) is 0 Å². The predicted molar refractivity (Wildman–Crippen MR) is 76.8 cm³/mol. The summed E-state index contributed by atoms with van der Waals surface area (Å²) in [5.74, 6) is 0.780. The van der Waals surface area contributed by atoms with Crippen LogP contribution in [0, 0.1) is 13.8 Å². The first-order valence-electron chi connectivity index (χ1n) is 6.17. The number of pyridine rings is 1. The molecule has 1 aromatic carbocycles. The molecule has 1 heterocycles. The van der Waals surface area contributed by atoms with Crippen molar-refractivity contribution in [1.82, 2.24) is 4.98 Å². The van der Waals surface area contributed by atoms with Crippen LogP contribution in [0.1, 0.15) is 16.7 Å². The van der Waals surface area contributed by atoms with Crippen LogP contribution in [0.25, 0.3) is 0 Å². The van der Waals surface area contributed by atoms with E-state index in [4.69, 9.17) is 5.73 Å². The minimum atomic E-state index is 0.738. The van der Waals surface area contributed by atoms with Crippen molar-refractivity contribution in [2.75, 3.05) is 17.6 Å². The van der Waals surface area contributed by atoms with Gasteiger partial charge in [0.2, 0.25) is 0 Å². The first-order chi connectivity index (χ1) is 8.66. The number of nitrogen functional groups attached to an aromatic ring is 1. The van der Waals surface area contributed by atoms with Crippen molar-refractivity contribution in [3.63, 3.8) is 0 Å². The predicted octanol–water partition coefficient (Wildman–Crippen LogP) is 2.94. The highest BCUT2D eigenvalue weighted by Gasteiger charge is 2.02. The molecular formula is C15H19N3. The van der Waals surface area contributed by atoms with Crippen LogP contribution in [0.2, 0.25) is 0 Å². The standard InChI is InChI=1S/C15H19N3/c1-11-4-3-5-13(10-11)7-9-18-15-14(16)12(2)6-8-17-15/h3-6,8,10H,7,9,16H2,1-2H3,(H,17,18). The van der Waals surface area contributed by atoms with E-state index in [1.807, 2.05) is 13.0 Å². The molecule has 0 amide bonds.